The Morgan fingerprint density at radius 3 is 2.25 bits per heavy atom. The third kappa shape index (κ3) is 15.2. The molecule has 310 valence electrons. The lowest BCUT2D eigenvalue weighted by Crippen LogP contribution is -2.54. The topological polar surface area (TPSA) is 199 Å². The van der Waals surface area contributed by atoms with Crippen LogP contribution in [0.5, 0.6) is 0 Å². The molecule has 55 heavy (non-hydrogen) atoms. The number of likely N-dealkylation sites (N-methyl/N-ethyl adjacent to an activating group) is 1. The molecule has 0 aromatic heterocycles. The first-order chi connectivity index (χ1) is 26.2. The summed E-state index contributed by atoms with van der Waals surface area (Å²) in [6, 6.07) is 6.91. The molecule has 1 aliphatic rings. The summed E-state index contributed by atoms with van der Waals surface area (Å²) >= 11 is 0. The Balaban J connectivity index is 2.08. The van der Waals surface area contributed by atoms with Crippen molar-refractivity contribution in [2.24, 2.45) is 17.6 Å². The monoisotopic (exact) mass is 774 g/mol. The lowest BCUT2D eigenvalue weighted by molar-refractivity contribution is -0.147. The van der Waals surface area contributed by atoms with Gasteiger partial charge in [-0.25, -0.2) is 4.79 Å². The van der Waals surface area contributed by atoms with Crippen LogP contribution in [0.2, 0.25) is 0 Å². The largest absolute Gasteiger partial charge is 0.464 e. The molecule has 0 radical (unpaired) electrons. The first-order valence-electron chi connectivity index (χ1n) is 19.6. The number of nitrogens with one attached hydrogen (secondary N) is 3. The number of benzene rings is 1. The zero-order valence-electron chi connectivity index (χ0n) is 34.1. The van der Waals surface area contributed by atoms with E-state index in [1.807, 2.05) is 51.1 Å². The highest BCUT2D eigenvalue weighted by atomic mass is 16.5. The second kappa shape index (κ2) is 24.4. The maximum Gasteiger partial charge on any atom is 0.328 e. The second-order valence-electron chi connectivity index (χ2n) is 14.7. The van der Waals surface area contributed by atoms with E-state index in [4.69, 9.17) is 19.9 Å². The van der Waals surface area contributed by atoms with Crippen molar-refractivity contribution in [1.82, 2.24) is 25.8 Å². The summed E-state index contributed by atoms with van der Waals surface area (Å²) in [4.78, 5) is 81.5. The van der Waals surface area contributed by atoms with E-state index in [-0.39, 0.29) is 74.7 Å². The standard InChI is InChI=1S/C40H66N6O9/c1-9-31(45(6)35(48)23-26(2)3)33(53-7)25-36(49)46-21-13-17-32(46)37(54-8)27(4)38(50)44-30(24-29-15-11-10-12-16-29)39(51)42-20-14-22-55-40(52)28(5)43-34(47)18-19-41/h10-12,15-16,26-28,30-33,37H,9,13-14,17-25,41H2,1-8H3,(H,42,51)(H,43,47)(H,44,50)/t27-,28+,30+,31+,32+,33-,37-/m1/s1. The van der Waals surface area contributed by atoms with Gasteiger partial charge in [0.1, 0.15) is 12.1 Å². The number of ether oxygens (including phenoxy) is 3. The summed E-state index contributed by atoms with van der Waals surface area (Å²) in [5, 5.41) is 8.28. The Labute approximate surface area is 327 Å². The Morgan fingerprint density at radius 1 is 0.964 bits per heavy atom. The summed E-state index contributed by atoms with van der Waals surface area (Å²) in [5.41, 5.74) is 6.22. The number of hydrogen-bond donors (Lipinski definition) is 4. The Morgan fingerprint density at radius 2 is 1.65 bits per heavy atom. The van der Waals surface area contributed by atoms with Gasteiger partial charge in [0.25, 0.3) is 0 Å². The van der Waals surface area contributed by atoms with E-state index < -0.39 is 48.0 Å². The fourth-order valence-electron chi connectivity index (χ4n) is 6.99. The van der Waals surface area contributed by atoms with Gasteiger partial charge in [-0.15, -0.1) is 0 Å². The van der Waals surface area contributed by atoms with Gasteiger partial charge in [0, 0.05) is 60.2 Å². The molecule has 1 fully saturated rings. The van der Waals surface area contributed by atoms with Crippen LogP contribution >= 0.6 is 0 Å². The van der Waals surface area contributed by atoms with Crippen molar-refractivity contribution in [3.05, 3.63) is 35.9 Å². The third-order valence-electron chi connectivity index (χ3n) is 10.1. The van der Waals surface area contributed by atoms with Crippen molar-refractivity contribution in [3.8, 4) is 0 Å². The fraction of sp³-hybridized carbons (Fsp3) is 0.700. The van der Waals surface area contributed by atoms with Crippen molar-refractivity contribution in [2.75, 3.05) is 47.5 Å². The molecule has 7 atom stereocenters. The van der Waals surface area contributed by atoms with Crippen LogP contribution in [0.4, 0.5) is 0 Å². The predicted molar refractivity (Wildman–Crippen MR) is 208 cm³/mol. The van der Waals surface area contributed by atoms with Crippen molar-refractivity contribution < 1.29 is 43.0 Å². The fourth-order valence-corrected chi connectivity index (χ4v) is 6.99. The molecule has 1 heterocycles. The second-order valence-corrected chi connectivity index (χ2v) is 14.7. The van der Waals surface area contributed by atoms with E-state index in [2.05, 4.69) is 16.0 Å². The van der Waals surface area contributed by atoms with E-state index in [1.165, 1.54) is 14.0 Å². The molecule has 1 aliphatic heterocycles. The van der Waals surface area contributed by atoms with Crippen LogP contribution in [0.15, 0.2) is 30.3 Å². The normalized spacial score (nSPS) is 17.3. The number of carbonyl (C=O) groups is 6. The molecule has 1 aromatic rings. The van der Waals surface area contributed by atoms with Crippen LogP contribution in [0.3, 0.4) is 0 Å². The molecule has 0 saturated carbocycles. The van der Waals surface area contributed by atoms with E-state index in [0.29, 0.717) is 32.2 Å². The summed E-state index contributed by atoms with van der Waals surface area (Å²) in [6.45, 7) is 10.1. The quantitative estimate of drug-likeness (QED) is 0.0890. The van der Waals surface area contributed by atoms with Crippen LogP contribution < -0.4 is 21.7 Å². The summed E-state index contributed by atoms with van der Waals surface area (Å²) in [7, 11) is 4.83. The minimum atomic E-state index is -0.916. The van der Waals surface area contributed by atoms with Gasteiger partial charge >= 0.3 is 5.97 Å². The number of methoxy groups -OCH3 is 2. The Kier molecular flexibility index (Phi) is 20.9. The molecule has 15 heteroatoms. The SMILES string of the molecule is CC[C@@H]([C@@H](CC(=O)N1CCC[C@H]1[C@H](OC)[C@@H](C)C(=O)N[C@@H](Cc1ccccc1)C(=O)NCCCOC(=O)[C@H](C)NC(=O)CCN)OC)N(C)C(=O)CC(C)C. The molecule has 0 spiro atoms. The smallest absolute Gasteiger partial charge is 0.328 e. The van der Waals surface area contributed by atoms with Crippen molar-refractivity contribution in [1.29, 1.82) is 0 Å². The molecule has 2 rings (SSSR count). The number of nitrogens with two attached hydrogens (primary N) is 1. The highest BCUT2D eigenvalue weighted by Crippen LogP contribution is 2.28. The maximum absolute atomic E-state index is 13.9. The molecule has 0 bridgehead atoms. The van der Waals surface area contributed by atoms with E-state index in [9.17, 15) is 28.8 Å². The highest BCUT2D eigenvalue weighted by Gasteiger charge is 2.41. The van der Waals surface area contributed by atoms with Crippen molar-refractivity contribution in [2.45, 2.75) is 122 Å². The molecule has 5 N–H and O–H groups in total. The Bertz CT molecular complexity index is 1380. The molecule has 15 nitrogen and oxygen atoms in total. The zero-order chi connectivity index (χ0) is 41.1. The van der Waals surface area contributed by atoms with E-state index in [1.54, 1.807) is 30.9 Å². The number of esters is 1. The first-order valence-corrected chi connectivity index (χ1v) is 19.6. The number of hydrogen-bond acceptors (Lipinski definition) is 10. The van der Waals surface area contributed by atoms with E-state index in [0.717, 1.165) is 12.0 Å². The Hall–Kier alpha value is -4.08. The lowest BCUT2D eigenvalue weighted by Gasteiger charge is -2.37. The lowest BCUT2D eigenvalue weighted by atomic mass is 9.93. The van der Waals surface area contributed by atoms with Gasteiger partial charge in [-0.3, -0.25) is 24.0 Å². The summed E-state index contributed by atoms with van der Waals surface area (Å²) in [6.07, 6.45) is 1.97. The highest BCUT2D eigenvalue weighted by molar-refractivity contribution is 5.89. The maximum atomic E-state index is 13.9. The molecular weight excluding hydrogens is 708 g/mol. The molecule has 1 saturated heterocycles. The van der Waals surface area contributed by atoms with Crippen LogP contribution in [-0.4, -0.2) is 129 Å². The number of likely N-dealkylation sites (tertiary alicyclic amines) is 1. The molecule has 5 amide bonds. The van der Waals surface area contributed by atoms with Crippen LogP contribution in [0.1, 0.15) is 85.1 Å². The zero-order valence-corrected chi connectivity index (χ0v) is 34.1. The third-order valence-corrected chi connectivity index (χ3v) is 10.1. The van der Waals surface area contributed by atoms with Crippen molar-refractivity contribution in [3.63, 3.8) is 0 Å². The van der Waals surface area contributed by atoms with Gasteiger partial charge < -0.3 is 45.7 Å². The average Bonchev–Trinajstić information content (AvgIpc) is 3.64. The molecule has 0 unspecified atom stereocenters. The van der Waals surface area contributed by atoms with Gasteiger partial charge in [-0.1, -0.05) is 58.0 Å². The van der Waals surface area contributed by atoms with Crippen LogP contribution in [-0.2, 0) is 49.4 Å². The number of rotatable bonds is 24. The summed E-state index contributed by atoms with van der Waals surface area (Å²) < 4.78 is 17.0. The average molecular weight is 775 g/mol. The van der Waals surface area contributed by atoms with Crippen LogP contribution in [0, 0.1) is 11.8 Å². The molecular formula is C40H66N6O9. The number of amides is 5. The van der Waals surface area contributed by atoms with Crippen molar-refractivity contribution >= 4 is 35.5 Å². The van der Waals surface area contributed by atoms with Gasteiger partial charge in [-0.05, 0) is 44.1 Å². The van der Waals surface area contributed by atoms with Gasteiger partial charge in [0.05, 0.1) is 43.2 Å². The minimum absolute atomic E-state index is 0.00633. The predicted octanol–water partition coefficient (Wildman–Crippen LogP) is 1.95. The van der Waals surface area contributed by atoms with Gasteiger partial charge in [-0.2, -0.15) is 0 Å². The summed E-state index contributed by atoms with van der Waals surface area (Å²) in [5.74, 6) is -2.39. The number of nitrogens with zero attached hydrogens (tertiary/aromatic N) is 2. The molecule has 0 aliphatic carbocycles. The van der Waals surface area contributed by atoms with Gasteiger partial charge in [0.15, 0.2) is 0 Å². The first kappa shape index (κ1) is 47.1. The van der Waals surface area contributed by atoms with E-state index >= 15 is 0 Å². The van der Waals surface area contributed by atoms with Gasteiger partial charge in [0.2, 0.25) is 29.5 Å². The molecule has 1 aromatic carbocycles. The minimum Gasteiger partial charge on any atom is -0.464 e. The number of carbonyl (C=O) groups excluding carboxylic acids is 6. The van der Waals surface area contributed by atoms with Crippen LogP contribution in [0.25, 0.3) is 0 Å².